The average Bonchev–Trinajstić information content (AvgIpc) is 2.36. The van der Waals surface area contributed by atoms with E-state index in [-0.39, 0.29) is 17.4 Å². The zero-order chi connectivity index (χ0) is 14.0. The fraction of sp³-hybridized carbons (Fsp3) is 0.500. The van der Waals surface area contributed by atoms with Crippen molar-refractivity contribution >= 4 is 11.7 Å². The summed E-state index contributed by atoms with van der Waals surface area (Å²) in [5.74, 6) is -0.519. The summed E-state index contributed by atoms with van der Waals surface area (Å²) in [6, 6.07) is 8.18. The van der Waals surface area contributed by atoms with Gasteiger partial charge in [0, 0.05) is 0 Å². The van der Waals surface area contributed by atoms with E-state index in [1.54, 1.807) is 0 Å². The van der Waals surface area contributed by atoms with Gasteiger partial charge in [-0.3, -0.25) is 9.79 Å². The average molecular weight is 259 g/mol. The molecule has 0 amide bonds. The monoisotopic (exact) mass is 259 g/mol. The molecule has 0 bridgehead atoms. The van der Waals surface area contributed by atoms with Crippen molar-refractivity contribution in [3.05, 3.63) is 35.4 Å². The van der Waals surface area contributed by atoms with Crippen LogP contribution in [-0.4, -0.2) is 23.8 Å². The van der Waals surface area contributed by atoms with Crippen LogP contribution in [-0.2, 0) is 16.0 Å². The summed E-state index contributed by atoms with van der Waals surface area (Å²) in [4.78, 5) is 16.7. The maximum atomic E-state index is 12.0. The molecule has 0 saturated carbocycles. The largest absolute Gasteiger partial charge is 0.465 e. The molecule has 1 aliphatic rings. The maximum Gasteiger partial charge on any atom is 0.314 e. The van der Waals surface area contributed by atoms with E-state index >= 15 is 0 Å². The number of rotatable bonds is 3. The molecule has 0 aliphatic carbocycles. The number of hydrogen-bond acceptors (Lipinski definition) is 3. The first-order chi connectivity index (χ1) is 8.94. The lowest BCUT2D eigenvalue weighted by Crippen LogP contribution is -2.34. The minimum Gasteiger partial charge on any atom is -0.465 e. The van der Waals surface area contributed by atoms with Crippen LogP contribution in [0.5, 0.6) is 0 Å². The van der Waals surface area contributed by atoms with Crippen LogP contribution < -0.4 is 0 Å². The predicted molar refractivity (Wildman–Crippen MR) is 76.6 cm³/mol. The highest BCUT2D eigenvalue weighted by Gasteiger charge is 2.31. The van der Waals surface area contributed by atoms with Gasteiger partial charge in [-0.2, -0.15) is 0 Å². The molecule has 2 rings (SSSR count). The Morgan fingerprint density at radius 1 is 1.42 bits per heavy atom. The summed E-state index contributed by atoms with van der Waals surface area (Å²) >= 11 is 0. The van der Waals surface area contributed by atoms with E-state index < -0.39 is 0 Å². The third-order valence-electron chi connectivity index (χ3n) is 3.39. The van der Waals surface area contributed by atoms with Crippen molar-refractivity contribution in [3.63, 3.8) is 0 Å². The van der Waals surface area contributed by atoms with Gasteiger partial charge in [-0.15, -0.1) is 0 Å². The van der Waals surface area contributed by atoms with Crippen LogP contribution in [0.2, 0.25) is 0 Å². The van der Waals surface area contributed by atoms with Crippen LogP contribution in [0.1, 0.15) is 38.8 Å². The maximum absolute atomic E-state index is 12.0. The highest BCUT2D eigenvalue weighted by molar-refractivity contribution is 6.13. The van der Waals surface area contributed by atoms with E-state index in [4.69, 9.17) is 9.73 Å². The molecule has 0 spiro atoms. The number of ether oxygens (including phenoxy) is 1. The predicted octanol–water partition coefficient (Wildman–Crippen LogP) is 3.01. The Hall–Kier alpha value is -1.64. The van der Waals surface area contributed by atoms with Crippen LogP contribution in [0, 0.1) is 5.92 Å². The molecule has 0 aromatic heterocycles. The number of fused-ring (bicyclic) bond motifs is 1. The molecule has 1 atom stereocenters. The van der Waals surface area contributed by atoms with Gasteiger partial charge < -0.3 is 4.74 Å². The van der Waals surface area contributed by atoms with Gasteiger partial charge in [0.1, 0.15) is 0 Å². The van der Waals surface area contributed by atoms with Gasteiger partial charge >= 0.3 is 5.97 Å². The zero-order valence-corrected chi connectivity index (χ0v) is 12.1. The van der Waals surface area contributed by atoms with Crippen molar-refractivity contribution in [3.8, 4) is 0 Å². The Labute approximate surface area is 114 Å². The first-order valence-corrected chi connectivity index (χ1v) is 6.79. The Balaban J connectivity index is 2.41. The Bertz CT molecular complexity index is 517. The molecular weight excluding hydrogens is 238 g/mol. The van der Waals surface area contributed by atoms with Gasteiger partial charge in [0.2, 0.25) is 0 Å². The Kier molecular flexibility index (Phi) is 3.74. The highest BCUT2D eigenvalue weighted by Crippen LogP contribution is 2.29. The van der Waals surface area contributed by atoms with Gasteiger partial charge in [-0.1, -0.05) is 24.3 Å². The third kappa shape index (κ3) is 2.86. The molecule has 0 radical (unpaired) electrons. The molecule has 102 valence electrons. The van der Waals surface area contributed by atoms with Gasteiger partial charge in [0.05, 0.1) is 23.8 Å². The Morgan fingerprint density at radius 2 is 2.11 bits per heavy atom. The van der Waals surface area contributed by atoms with Crippen molar-refractivity contribution in [2.24, 2.45) is 10.9 Å². The molecule has 1 aliphatic heterocycles. The van der Waals surface area contributed by atoms with Crippen molar-refractivity contribution < 1.29 is 9.53 Å². The number of esters is 1. The summed E-state index contributed by atoms with van der Waals surface area (Å²) in [7, 11) is 0. The number of carbonyl (C=O) groups excluding carboxylic acids is 1. The van der Waals surface area contributed by atoms with Gasteiger partial charge in [-0.25, -0.2) is 0 Å². The van der Waals surface area contributed by atoms with E-state index in [0.29, 0.717) is 6.61 Å². The fourth-order valence-corrected chi connectivity index (χ4v) is 2.53. The van der Waals surface area contributed by atoms with E-state index in [1.165, 1.54) is 5.56 Å². The first kappa shape index (κ1) is 13.8. The van der Waals surface area contributed by atoms with E-state index in [1.807, 2.05) is 32.0 Å². The molecule has 19 heavy (non-hydrogen) atoms. The smallest absolute Gasteiger partial charge is 0.314 e. The van der Waals surface area contributed by atoms with Crippen LogP contribution >= 0.6 is 0 Å². The lowest BCUT2D eigenvalue weighted by Gasteiger charge is -2.30. The standard InChI is InChI=1S/C16H21NO2/c1-5-19-15(18)11(2)14-13-9-7-6-8-12(13)10-16(3,4)17-14/h6-9,11H,5,10H2,1-4H3/t11-/m1/s1. The van der Waals surface area contributed by atoms with E-state index in [0.717, 1.165) is 17.7 Å². The number of carbonyl (C=O) groups is 1. The van der Waals surface area contributed by atoms with Crippen molar-refractivity contribution in [2.45, 2.75) is 39.7 Å². The number of aliphatic imine (C=N–C) groups is 1. The second-order valence-electron chi connectivity index (χ2n) is 5.62. The molecule has 0 unspecified atom stereocenters. The molecule has 3 heteroatoms. The normalized spacial score (nSPS) is 18.2. The molecule has 1 heterocycles. The van der Waals surface area contributed by atoms with Gasteiger partial charge in [0.15, 0.2) is 0 Å². The molecule has 0 N–H and O–H groups in total. The van der Waals surface area contributed by atoms with Gasteiger partial charge in [0.25, 0.3) is 0 Å². The van der Waals surface area contributed by atoms with E-state index in [9.17, 15) is 4.79 Å². The second-order valence-corrected chi connectivity index (χ2v) is 5.62. The summed E-state index contributed by atoms with van der Waals surface area (Å²) in [5.41, 5.74) is 3.03. The summed E-state index contributed by atoms with van der Waals surface area (Å²) < 4.78 is 5.12. The SMILES string of the molecule is CCOC(=O)[C@H](C)C1=NC(C)(C)Cc2ccccc21. The van der Waals surface area contributed by atoms with Crippen LogP contribution in [0.15, 0.2) is 29.3 Å². The van der Waals surface area contributed by atoms with Crippen molar-refractivity contribution in [1.29, 1.82) is 0 Å². The van der Waals surface area contributed by atoms with Crippen LogP contribution in [0.4, 0.5) is 0 Å². The molecular formula is C16H21NO2. The van der Waals surface area contributed by atoms with Crippen molar-refractivity contribution in [2.75, 3.05) is 6.61 Å². The number of benzene rings is 1. The molecule has 1 aromatic carbocycles. The molecule has 0 saturated heterocycles. The molecule has 0 fully saturated rings. The Morgan fingerprint density at radius 3 is 2.79 bits per heavy atom. The molecule has 1 aromatic rings. The fourth-order valence-electron chi connectivity index (χ4n) is 2.53. The van der Waals surface area contributed by atoms with E-state index in [2.05, 4.69) is 19.9 Å². The quantitative estimate of drug-likeness (QED) is 0.783. The lowest BCUT2D eigenvalue weighted by atomic mass is 9.83. The topological polar surface area (TPSA) is 38.7 Å². The van der Waals surface area contributed by atoms with Crippen LogP contribution in [0.25, 0.3) is 0 Å². The molecule has 3 nitrogen and oxygen atoms in total. The summed E-state index contributed by atoms with van der Waals surface area (Å²) in [6.45, 7) is 8.29. The number of nitrogens with zero attached hydrogens (tertiary/aromatic N) is 1. The summed E-state index contributed by atoms with van der Waals surface area (Å²) in [6.07, 6.45) is 0.905. The summed E-state index contributed by atoms with van der Waals surface area (Å²) in [5, 5.41) is 0. The number of hydrogen-bond donors (Lipinski definition) is 0. The highest BCUT2D eigenvalue weighted by atomic mass is 16.5. The lowest BCUT2D eigenvalue weighted by molar-refractivity contribution is -0.145. The van der Waals surface area contributed by atoms with Gasteiger partial charge in [-0.05, 0) is 45.2 Å². The van der Waals surface area contributed by atoms with Crippen molar-refractivity contribution in [1.82, 2.24) is 0 Å². The second kappa shape index (κ2) is 5.16. The minimum absolute atomic E-state index is 0.162. The third-order valence-corrected chi connectivity index (χ3v) is 3.39. The van der Waals surface area contributed by atoms with Crippen LogP contribution in [0.3, 0.4) is 0 Å². The first-order valence-electron chi connectivity index (χ1n) is 6.79. The zero-order valence-electron chi connectivity index (χ0n) is 12.1. The minimum atomic E-state index is -0.319.